The fourth-order valence-electron chi connectivity index (χ4n) is 2.58. The molecule has 1 aliphatic carbocycles. The summed E-state index contributed by atoms with van der Waals surface area (Å²) < 4.78 is 5.98. The lowest BCUT2D eigenvalue weighted by atomic mass is 9.71. The zero-order chi connectivity index (χ0) is 14.0. The van der Waals surface area contributed by atoms with Crippen LogP contribution in [0.5, 0.6) is 5.88 Å². The second kappa shape index (κ2) is 5.23. The molecule has 1 fully saturated rings. The number of aryl methyl sites for hydroxylation is 1. The molecular weight excluding hydrogens is 248 g/mol. The molecule has 0 aliphatic heterocycles. The van der Waals surface area contributed by atoms with Gasteiger partial charge in [-0.3, -0.25) is 0 Å². The summed E-state index contributed by atoms with van der Waals surface area (Å²) in [4.78, 5) is 0. The van der Waals surface area contributed by atoms with Crippen LogP contribution >= 0.6 is 0 Å². The molecule has 1 aromatic carbocycles. The standard InChI is InChI=1S/C17H20N2O/c1-13-11-15(14-7-4-3-5-8-14)16(19-18-13)20-12-17(2)9-6-10-17/h3-5,7-8,11H,6,9-10,12H2,1-2H3. The van der Waals surface area contributed by atoms with Crippen LogP contribution in [0.25, 0.3) is 11.1 Å². The van der Waals surface area contributed by atoms with Gasteiger partial charge in [0.1, 0.15) is 0 Å². The van der Waals surface area contributed by atoms with Gasteiger partial charge in [-0.2, -0.15) is 5.10 Å². The summed E-state index contributed by atoms with van der Waals surface area (Å²) >= 11 is 0. The highest BCUT2D eigenvalue weighted by atomic mass is 16.5. The van der Waals surface area contributed by atoms with Crippen LogP contribution in [-0.4, -0.2) is 16.8 Å². The summed E-state index contributed by atoms with van der Waals surface area (Å²) in [6.45, 7) is 4.96. The van der Waals surface area contributed by atoms with E-state index in [-0.39, 0.29) is 0 Å². The summed E-state index contributed by atoms with van der Waals surface area (Å²) in [5.74, 6) is 0.648. The molecule has 1 saturated carbocycles. The fourth-order valence-corrected chi connectivity index (χ4v) is 2.58. The number of rotatable bonds is 4. The van der Waals surface area contributed by atoms with Crippen LogP contribution in [0.2, 0.25) is 0 Å². The number of hydrogen-bond acceptors (Lipinski definition) is 3. The van der Waals surface area contributed by atoms with Crippen LogP contribution in [0.15, 0.2) is 36.4 Å². The predicted octanol–water partition coefficient (Wildman–Crippen LogP) is 4.02. The lowest BCUT2D eigenvalue weighted by molar-refractivity contribution is 0.0747. The molecule has 3 nitrogen and oxygen atoms in total. The van der Waals surface area contributed by atoms with Gasteiger partial charge in [0.05, 0.1) is 12.3 Å². The molecular formula is C17H20N2O. The number of hydrogen-bond donors (Lipinski definition) is 0. The smallest absolute Gasteiger partial charge is 0.241 e. The molecule has 1 heterocycles. The van der Waals surface area contributed by atoms with Gasteiger partial charge in [0.15, 0.2) is 0 Å². The van der Waals surface area contributed by atoms with Gasteiger partial charge < -0.3 is 4.74 Å². The molecule has 3 heteroatoms. The second-order valence-corrected chi connectivity index (χ2v) is 6.02. The molecule has 2 aromatic rings. The molecule has 0 radical (unpaired) electrons. The number of aromatic nitrogens is 2. The van der Waals surface area contributed by atoms with Gasteiger partial charge >= 0.3 is 0 Å². The Bertz CT molecular complexity index is 591. The molecule has 0 unspecified atom stereocenters. The lowest BCUT2D eigenvalue weighted by Gasteiger charge is -2.37. The highest BCUT2D eigenvalue weighted by molar-refractivity contribution is 5.68. The zero-order valence-corrected chi connectivity index (χ0v) is 12.1. The summed E-state index contributed by atoms with van der Waals surface area (Å²) in [5.41, 5.74) is 3.38. The van der Waals surface area contributed by atoms with E-state index >= 15 is 0 Å². The molecule has 1 aromatic heterocycles. The molecule has 1 aliphatic rings. The minimum Gasteiger partial charge on any atom is -0.476 e. The quantitative estimate of drug-likeness (QED) is 0.840. The van der Waals surface area contributed by atoms with E-state index in [9.17, 15) is 0 Å². The summed E-state index contributed by atoms with van der Waals surface area (Å²) in [6.07, 6.45) is 3.80. The van der Waals surface area contributed by atoms with Crippen LogP contribution in [0.3, 0.4) is 0 Å². The lowest BCUT2D eigenvalue weighted by Crippen LogP contribution is -2.32. The van der Waals surface area contributed by atoms with Gasteiger partial charge in [0.2, 0.25) is 5.88 Å². The van der Waals surface area contributed by atoms with E-state index in [0.29, 0.717) is 11.3 Å². The van der Waals surface area contributed by atoms with E-state index in [1.54, 1.807) is 0 Å². The van der Waals surface area contributed by atoms with Crippen molar-refractivity contribution in [2.24, 2.45) is 5.41 Å². The van der Waals surface area contributed by atoms with Crippen molar-refractivity contribution in [1.82, 2.24) is 10.2 Å². The maximum Gasteiger partial charge on any atom is 0.241 e. The summed E-state index contributed by atoms with van der Waals surface area (Å²) in [7, 11) is 0. The highest BCUT2D eigenvalue weighted by Gasteiger charge is 2.33. The molecule has 3 rings (SSSR count). The predicted molar refractivity (Wildman–Crippen MR) is 79.7 cm³/mol. The maximum atomic E-state index is 5.98. The molecule has 104 valence electrons. The van der Waals surface area contributed by atoms with Gasteiger partial charge in [-0.15, -0.1) is 5.10 Å². The van der Waals surface area contributed by atoms with Crippen LogP contribution in [0.4, 0.5) is 0 Å². The fraction of sp³-hybridized carbons (Fsp3) is 0.412. The van der Waals surface area contributed by atoms with E-state index in [1.807, 2.05) is 31.2 Å². The Hall–Kier alpha value is -1.90. The topological polar surface area (TPSA) is 35.0 Å². The van der Waals surface area contributed by atoms with Crippen molar-refractivity contribution < 1.29 is 4.74 Å². The van der Waals surface area contributed by atoms with E-state index in [2.05, 4.69) is 29.3 Å². The Morgan fingerprint density at radius 3 is 2.55 bits per heavy atom. The zero-order valence-electron chi connectivity index (χ0n) is 12.1. The third-order valence-electron chi connectivity index (χ3n) is 4.08. The first-order chi connectivity index (χ1) is 9.66. The first-order valence-corrected chi connectivity index (χ1v) is 7.19. The summed E-state index contributed by atoms with van der Waals surface area (Å²) in [6, 6.07) is 12.3. The van der Waals surface area contributed by atoms with Crippen LogP contribution in [-0.2, 0) is 0 Å². The highest BCUT2D eigenvalue weighted by Crippen LogP contribution is 2.41. The van der Waals surface area contributed by atoms with Crippen molar-refractivity contribution in [2.75, 3.05) is 6.61 Å². The minimum atomic E-state index is 0.320. The van der Waals surface area contributed by atoms with Crippen molar-refractivity contribution in [1.29, 1.82) is 0 Å². The first kappa shape index (κ1) is 13.1. The molecule has 0 atom stereocenters. The van der Waals surface area contributed by atoms with Gasteiger partial charge in [0.25, 0.3) is 0 Å². The molecule has 0 saturated heterocycles. The van der Waals surface area contributed by atoms with Gasteiger partial charge in [-0.05, 0) is 31.4 Å². The van der Waals surface area contributed by atoms with Crippen LogP contribution in [0.1, 0.15) is 31.9 Å². The SMILES string of the molecule is Cc1cc(-c2ccccc2)c(OCC2(C)CCC2)nn1. The normalized spacial score (nSPS) is 16.5. The van der Waals surface area contributed by atoms with Gasteiger partial charge in [0, 0.05) is 11.0 Å². The van der Waals surface area contributed by atoms with Crippen LogP contribution < -0.4 is 4.74 Å². The third kappa shape index (κ3) is 2.67. The Morgan fingerprint density at radius 2 is 1.90 bits per heavy atom. The number of ether oxygens (including phenoxy) is 1. The van der Waals surface area contributed by atoms with Crippen molar-refractivity contribution in [3.63, 3.8) is 0 Å². The van der Waals surface area contributed by atoms with Crippen molar-refractivity contribution in [2.45, 2.75) is 33.1 Å². The minimum absolute atomic E-state index is 0.320. The Morgan fingerprint density at radius 1 is 1.15 bits per heavy atom. The molecule has 0 N–H and O–H groups in total. The molecule has 20 heavy (non-hydrogen) atoms. The van der Waals surface area contributed by atoms with Gasteiger partial charge in [-0.25, -0.2) is 0 Å². The van der Waals surface area contributed by atoms with E-state index in [0.717, 1.165) is 23.4 Å². The van der Waals surface area contributed by atoms with Crippen molar-refractivity contribution >= 4 is 0 Å². The molecule has 0 spiro atoms. The van der Waals surface area contributed by atoms with Crippen LogP contribution in [0, 0.1) is 12.3 Å². The largest absolute Gasteiger partial charge is 0.476 e. The van der Waals surface area contributed by atoms with E-state index in [1.165, 1.54) is 19.3 Å². The average Bonchev–Trinajstić information content (AvgIpc) is 2.45. The van der Waals surface area contributed by atoms with E-state index < -0.39 is 0 Å². The van der Waals surface area contributed by atoms with E-state index in [4.69, 9.17) is 4.74 Å². The Balaban J connectivity index is 1.86. The number of nitrogens with zero attached hydrogens (tertiary/aromatic N) is 2. The molecule has 0 bridgehead atoms. The third-order valence-corrected chi connectivity index (χ3v) is 4.08. The van der Waals surface area contributed by atoms with Gasteiger partial charge in [-0.1, -0.05) is 43.7 Å². The monoisotopic (exact) mass is 268 g/mol. The Labute approximate surface area is 120 Å². The molecule has 0 amide bonds. The summed E-state index contributed by atoms with van der Waals surface area (Å²) in [5, 5.41) is 8.38. The average molecular weight is 268 g/mol. The Kier molecular flexibility index (Phi) is 3.43. The van der Waals surface area contributed by atoms with Crippen molar-refractivity contribution in [3.05, 3.63) is 42.1 Å². The maximum absolute atomic E-state index is 5.98. The second-order valence-electron chi connectivity index (χ2n) is 6.02. The van der Waals surface area contributed by atoms with Crippen molar-refractivity contribution in [3.8, 4) is 17.0 Å². The first-order valence-electron chi connectivity index (χ1n) is 7.19. The number of benzene rings is 1.